The molecule has 9 heteroatoms. The third-order valence-corrected chi connectivity index (χ3v) is 3.87. The van der Waals surface area contributed by atoms with Crippen LogP contribution in [0.2, 0.25) is 0 Å². The molecule has 2 aromatic rings. The third-order valence-electron chi connectivity index (χ3n) is 3.27. The number of methoxy groups -OCH3 is 1. The minimum Gasteiger partial charge on any atom is -0.453 e. The van der Waals surface area contributed by atoms with E-state index in [1.54, 1.807) is 42.5 Å². The molecule has 3 N–H and O–H groups in total. The Morgan fingerprint density at radius 2 is 1.73 bits per heavy atom. The monoisotopic (exact) mass is 377 g/mol. The van der Waals surface area contributed by atoms with Crippen LogP contribution in [-0.2, 0) is 21.3 Å². The minimum atomic E-state index is -3.41. The topological polar surface area (TPSA) is 114 Å². The lowest BCUT2D eigenvalue weighted by Gasteiger charge is -2.09. The van der Waals surface area contributed by atoms with Gasteiger partial charge in [0.2, 0.25) is 10.0 Å². The van der Waals surface area contributed by atoms with E-state index < -0.39 is 16.1 Å². The molecule has 8 nitrogen and oxygen atoms in total. The first-order valence-corrected chi connectivity index (χ1v) is 9.46. The number of ether oxygens (including phenoxy) is 1. The molecule has 26 heavy (non-hydrogen) atoms. The second kappa shape index (κ2) is 8.34. The normalized spacial score (nSPS) is 10.7. The van der Waals surface area contributed by atoms with Crippen LogP contribution < -0.4 is 15.4 Å². The van der Waals surface area contributed by atoms with Gasteiger partial charge in [0, 0.05) is 23.5 Å². The number of rotatable bonds is 6. The van der Waals surface area contributed by atoms with Crippen LogP contribution in [0.3, 0.4) is 0 Å². The zero-order chi connectivity index (χ0) is 19.2. The zero-order valence-corrected chi connectivity index (χ0v) is 15.1. The molecular formula is C17H19N3O5S. The minimum absolute atomic E-state index is 0.279. The van der Waals surface area contributed by atoms with Crippen LogP contribution in [-0.4, -0.2) is 33.8 Å². The summed E-state index contributed by atoms with van der Waals surface area (Å²) in [4.78, 5) is 23.3. The lowest BCUT2D eigenvalue weighted by Crippen LogP contribution is -2.23. The van der Waals surface area contributed by atoms with Gasteiger partial charge in [0.1, 0.15) is 0 Å². The molecule has 0 heterocycles. The van der Waals surface area contributed by atoms with E-state index in [1.807, 2.05) is 0 Å². The van der Waals surface area contributed by atoms with Crippen molar-refractivity contribution in [2.45, 2.75) is 6.54 Å². The van der Waals surface area contributed by atoms with Crippen LogP contribution in [0.25, 0.3) is 0 Å². The second-order valence-electron chi connectivity index (χ2n) is 5.45. The highest BCUT2D eigenvalue weighted by atomic mass is 32.2. The summed E-state index contributed by atoms with van der Waals surface area (Å²) in [6.45, 7) is 0.279. The predicted molar refractivity (Wildman–Crippen MR) is 98.5 cm³/mol. The van der Waals surface area contributed by atoms with Gasteiger partial charge in [0.25, 0.3) is 5.91 Å². The number of carbonyl (C=O) groups excluding carboxylic acids is 2. The molecule has 0 unspecified atom stereocenters. The van der Waals surface area contributed by atoms with Crippen LogP contribution in [0, 0.1) is 0 Å². The average Bonchev–Trinajstić information content (AvgIpc) is 2.59. The maximum absolute atomic E-state index is 12.2. The van der Waals surface area contributed by atoms with Crippen molar-refractivity contribution < 1.29 is 22.7 Å². The molecule has 0 fully saturated rings. The average molecular weight is 377 g/mol. The summed E-state index contributed by atoms with van der Waals surface area (Å²) in [5.74, 6) is -0.334. The number of hydrogen-bond donors (Lipinski definition) is 3. The van der Waals surface area contributed by atoms with Crippen molar-refractivity contribution in [2.24, 2.45) is 0 Å². The van der Waals surface area contributed by atoms with Gasteiger partial charge >= 0.3 is 6.09 Å². The Bertz CT molecular complexity index is 895. The van der Waals surface area contributed by atoms with E-state index in [1.165, 1.54) is 13.2 Å². The van der Waals surface area contributed by atoms with Crippen molar-refractivity contribution in [3.8, 4) is 0 Å². The van der Waals surface area contributed by atoms with Crippen molar-refractivity contribution in [3.05, 3.63) is 59.7 Å². The lowest BCUT2D eigenvalue weighted by molar-refractivity contribution is 0.0951. The quantitative estimate of drug-likeness (QED) is 0.714. The van der Waals surface area contributed by atoms with E-state index >= 15 is 0 Å². The number of hydrogen-bond acceptors (Lipinski definition) is 5. The van der Waals surface area contributed by atoms with Crippen LogP contribution in [0.4, 0.5) is 16.2 Å². The maximum atomic E-state index is 12.2. The fraction of sp³-hybridized carbons (Fsp3) is 0.176. The van der Waals surface area contributed by atoms with Crippen LogP contribution >= 0.6 is 0 Å². The van der Waals surface area contributed by atoms with E-state index in [0.29, 0.717) is 16.9 Å². The van der Waals surface area contributed by atoms with Gasteiger partial charge in [0.15, 0.2) is 0 Å². The molecule has 0 aliphatic carbocycles. The highest BCUT2D eigenvalue weighted by Gasteiger charge is 2.08. The molecule has 0 aliphatic rings. The highest BCUT2D eigenvalue weighted by Crippen LogP contribution is 2.13. The first-order chi connectivity index (χ1) is 12.3. The first kappa shape index (κ1) is 19.3. The fourth-order valence-electron chi connectivity index (χ4n) is 2.10. The zero-order valence-electron chi connectivity index (χ0n) is 14.3. The molecule has 0 saturated heterocycles. The standard InChI is InChI=1S/C17H19N3O5S/c1-25-17(22)19-14-8-6-12(7-9-14)11-18-16(21)13-4-3-5-15(10-13)20-26(2,23)24/h3-10,20H,11H2,1-2H3,(H,18,21)(H,19,22). The summed E-state index contributed by atoms with van der Waals surface area (Å²) in [7, 11) is -2.13. The third kappa shape index (κ3) is 6.10. The molecule has 0 aliphatic heterocycles. The maximum Gasteiger partial charge on any atom is 0.411 e. The molecule has 0 spiro atoms. The Morgan fingerprint density at radius 3 is 2.35 bits per heavy atom. The molecule has 0 aromatic heterocycles. The molecule has 0 saturated carbocycles. The van der Waals surface area contributed by atoms with Gasteiger partial charge in [-0.1, -0.05) is 18.2 Å². The number of amides is 2. The molecule has 0 radical (unpaired) electrons. The van der Waals surface area contributed by atoms with Gasteiger partial charge in [-0.15, -0.1) is 0 Å². The smallest absolute Gasteiger partial charge is 0.411 e. The van der Waals surface area contributed by atoms with Gasteiger partial charge in [-0.2, -0.15) is 0 Å². The number of nitrogens with one attached hydrogen (secondary N) is 3. The van der Waals surface area contributed by atoms with E-state index in [2.05, 4.69) is 20.1 Å². The SMILES string of the molecule is COC(=O)Nc1ccc(CNC(=O)c2cccc(NS(C)(=O)=O)c2)cc1. The largest absolute Gasteiger partial charge is 0.453 e. The molecular weight excluding hydrogens is 358 g/mol. The fourth-order valence-corrected chi connectivity index (χ4v) is 2.65. The summed E-state index contributed by atoms with van der Waals surface area (Å²) in [5, 5.41) is 5.28. The Hall–Kier alpha value is -3.07. The van der Waals surface area contributed by atoms with Gasteiger partial charge in [0.05, 0.1) is 13.4 Å². The summed E-state index contributed by atoms with van der Waals surface area (Å²) >= 11 is 0. The lowest BCUT2D eigenvalue weighted by atomic mass is 10.1. The van der Waals surface area contributed by atoms with Crippen molar-refractivity contribution in [2.75, 3.05) is 23.4 Å². The number of sulfonamides is 1. The number of carbonyl (C=O) groups is 2. The van der Waals surface area contributed by atoms with Crippen molar-refractivity contribution >= 4 is 33.4 Å². The van der Waals surface area contributed by atoms with Crippen LogP contribution in [0.5, 0.6) is 0 Å². The van der Waals surface area contributed by atoms with Crippen molar-refractivity contribution in [1.82, 2.24) is 5.32 Å². The Kier molecular flexibility index (Phi) is 6.18. The molecule has 0 bridgehead atoms. The Morgan fingerprint density at radius 1 is 1.04 bits per heavy atom. The van der Waals surface area contributed by atoms with Gasteiger partial charge in [-0.05, 0) is 35.9 Å². The van der Waals surface area contributed by atoms with Gasteiger partial charge in [-0.3, -0.25) is 14.8 Å². The second-order valence-corrected chi connectivity index (χ2v) is 7.20. The Balaban J connectivity index is 1.96. The molecule has 2 aromatic carbocycles. The number of anilines is 2. The molecule has 0 atom stereocenters. The molecule has 2 rings (SSSR count). The summed E-state index contributed by atoms with van der Waals surface area (Å²) < 4.78 is 29.3. The van der Waals surface area contributed by atoms with Gasteiger partial charge in [-0.25, -0.2) is 13.2 Å². The van der Waals surface area contributed by atoms with E-state index in [0.717, 1.165) is 11.8 Å². The van der Waals surface area contributed by atoms with Crippen molar-refractivity contribution in [3.63, 3.8) is 0 Å². The molecule has 2 amide bonds. The summed E-state index contributed by atoms with van der Waals surface area (Å²) in [6.07, 6.45) is 0.479. The van der Waals surface area contributed by atoms with Crippen LogP contribution in [0.15, 0.2) is 48.5 Å². The highest BCUT2D eigenvalue weighted by molar-refractivity contribution is 7.92. The van der Waals surface area contributed by atoms with E-state index in [9.17, 15) is 18.0 Å². The summed E-state index contributed by atoms with van der Waals surface area (Å²) in [6, 6.07) is 13.1. The molecule has 138 valence electrons. The Labute approximate surface area is 151 Å². The van der Waals surface area contributed by atoms with Gasteiger partial charge < -0.3 is 10.1 Å². The number of benzene rings is 2. The summed E-state index contributed by atoms with van der Waals surface area (Å²) in [5.41, 5.74) is 2.06. The van der Waals surface area contributed by atoms with Crippen molar-refractivity contribution in [1.29, 1.82) is 0 Å². The predicted octanol–water partition coefficient (Wildman–Crippen LogP) is 2.17. The van der Waals surface area contributed by atoms with E-state index in [-0.39, 0.29) is 12.5 Å². The first-order valence-electron chi connectivity index (χ1n) is 7.57. The van der Waals surface area contributed by atoms with E-state index in [4.69, 9.17) is 0 Å². The van der Waals surface area contributed by atoms with Crippen LogP contribution in [0.1, 0.15) is 15.9 Å².